The van der Waals surface area contributed by atoms with Crippen molar-refractivity contribution >= 4 is 34.8 Å². The maximum Gasteiger partial charge on any atom is 0.276 e. The van der Waals surface area contributed by atoms with Gasteiger partial charge in [-0.05, 0) is 42.3 Å². The van der Waals surface area contributed by atoms with Gasteiger partial charge >= 0.3 is 0 Å². The third kappa shape index (κ3) is 3.10. The van der Waals surface area contributed by atoms with E-state index in [1.165, 1.54) is 12.1 Å². The van der Waals surface area contributed by atoms with Gasteiger partial charge in [0, 0.05) is 17.2 Å². The molecule has 0 aromatic heterocycles. The summed E-state index contributed by atoms with van der Waals surface area (Å²) in [6.45, 7) is 1.82. The van der Waals surface area contributed by atoms with Crippen LogP contribution in [0.3, 0.4) is 0 Å². The number of nitrogens with zero attached hydrogens (tertiary/aromatic N) is 2. The number of hydrogen-bond donors (Lipinski definition) is 0. The molecule has 4 rings (SSSR count). The first-order valence-electron chi connectivity index (χ1n) is 8.98. The fourth-order valence-corrected chi connectivity index (χ4v) is 3.46. The Morgan fingerprint density at radius 2 is 1.45 bits per heavy atom. The second-order valence-electron chi connectivity index (χ2n) is 6.65. The van der Waals surface area contributed by atoms with Gasteiger partial charge < -0.3 is 0 Å². The lowest BCUT2D eigenvalue weighted by atomic mass is 9.91. The van der Waals surface area contributed by atoms with Crippen molar-refractivity contribution in [1.82, 2.24) is 0 Å². The van der Waals surface area contributed by atoms with Gasteiger partial charge in [-0.2, -0.15) is 0 Å². The van der Waals surface area contributed by atoms with Crippen molar-refractivity contribution in [3.05, 3.63) is 105 Å². The molecule has 0 atom stereocenters. The molecule has 0 bridgehead atoms. The van der Waals surface area contributed by atoms with E-state index in [-0.39, 0.29) is 11.3 Å². The molecule has 6 nitrogen and oxygen atoms in total. The van der Waals surface area contributed by atoms with E-state index >= 15 is 0 Å². The zero-order valence-electron chi connectivity index (χ0n) is 15.5. The Bertz CT molecular complexity index is 1200. The molecule has 0 unspecified atom stereocenters. The van der Waals surface area contributed by atoms with Gasteiger partial charge in [0.15, 0.2) is 0 Å². The highest BCUT2D eigenvalue weighted by molar-refractivity contribution is 6.43. The Balaban J connectivity index is 1.96. The van der Waals surface area contributed by atoms with Crippen molar-refractivity contribution in [2.75, 3.05) is 4.90 Å². The monoisotopic (exact) mass is 384 g/mol. The lowest BCUT2D eigenvalue weighted by Crippen LogP contribution is -2.42. The summed E-state index contributed by atoms with van der Waals surface area (Å²) >= 11 is 0. The summed E-state index contributed by atoms with van der Waals surface area (Å²) < 4.78 is 0. The first kappa shape index (κ1) is 18.3. The number of para-hydroxylation sites is 2. The number of nitro groups is 1. The van der Waals surface area contributed by atoms with E-state index in [1.54, 1.807) is 54.6 Å². The summed E-state index contributed by atoms with van der Waals surface area (Å²) in [5.74, 6) is -0.930. The summed E-state index contributed by atoms with van der Waals surface area (Å²) in [6, 6.07) is 20.1. The molecule has 3 aromatic carbocycles. The number of carbonyl (C=O) groups excluding carboxylic acids is 2. The molecular formula is C23H16N2O4. The summed E-state index contributed by atoms with van der Waals surface area (Å²) in [5, 5.41) is 11.4. The predicted octanol–water partition coefficient (Wildman–Crippen LogP) is 4.63. The summed E-state index contributed by atoms with van der Waals surface area (Å²) in [4.78, 5) is 38.6. The Hall–Kier alpha value is -4.06. The van der Waals surface area contributed by atoms with Crippen LogP contribution in [0.4, 0.5) is 11.4 Å². The highest BCUT2D eigenvalue weighted by Crippen LogP contribution is 2.35. The molecule has 2 amide bonds. The number of imide groups is 1. The Morgan fingerprint density at radius 1 is 0.828 bits per heavy atom. The van der Waals surface area contributed by atoms with Crippen molar-refractivity contribution < 1.29 is 14.5 Å². The Kier molecular flexibility index (Phi) is 4.52. The number of nitro benzene ring substituents is 1. The van der Waals surface area contributed by atoms with E-state index in [2.05, 4.69) is 0 Å². The number of rotatable bonds is 3. The van der Waals surface area contributed by atoms with Gasteiger partial charge in [0.25, 0.3) is 17.5 Å². The number of fused-ring (bicyclic) bond motifs is 1. The number of benzene rings is 3. The van der Waals surface area contributed by atoms with Gasteiger partial charge in [-0.1, -0.05) is 48.5 Å². The topological polar surface area (TPSA) is 80.5 Å². The van der Waals surface area contributed by atoms with E-state index in [1.807, 2.05) is 19.1 Å². The van der Waals surface area contributed by atoms with Crippen LogP contribution in [0, 0.1) is 17.0 Å². The quantitative estimate of drug-likeness (QED) is 0.285. The Labute approximate surface area is 166 Å². The van der Waals surface area contributed by atoms with Crippen LogP contribution in [-0.2, 0) is 4.79 Å². The summed E-state index contributed by atoms with van der Waals surface area (Å²) in [6.07, 6.45) is 1.48. The lowest BCUT2D eigenvalue weighted by molar-refractivity contribution is -0.385. The highest BCUT2D eigenvalue weighted by atomic mass is 16.6. The van der Waals surface area contributed by atoms with Gasteiger partial charge in [-0.25, -0.2) is 4.90 Å². The van der Waals surface area contributed by atoms with E-state index in [0.717, 1.165) is 10.5 Å². The highest BCUT2D eigenvalue weighted by Gasteiger charge is 2.36. The van der Waals surface area contributed by atoms with Crippen LogP contribution in [0.1, 0.15) is 27.0 Å². The van der Waals surface area contributed by atoms with Gasteiger partial charge in [0.2, 0.25) is 0 Å². The van der Waals surface area contributed by atoms with E-state index in [0.29, 0.717) is 22.4 Å². The van der Waals surface area contributed by atoms with Crippen molar-refractivity contribution in [2.45, 2.75) is 6.92 Å². The molecular weight excluding hydrogens is 368 g/mol. The van der Waals surface area contributed by atoms with E-state index < -0.39 is 16.7 Å². The van der Waals surface area contributed by atoms with Crippen LogP contribution in [0.25, 0.3) is 11.6 Å². The van der Waals surface area contributed by atoms with Crippen LogP contribution < -0.4 is 4.90 Å². The minimum Gasteiger partial charge on any atom is -0.268 e. The number of carbonyl (C=O) groups is 2. The van der Waals surface area contributed by atoms with Crippen molar-refractivity contribution in [3.8, 4) is 0 Å². The molecule has 142 valence electrons. The predicted molar refractivity (Wildman–Crippen MR) is 110 cm³/mol. The second-order valence-corrected chi connectivity index (χ2v) is 6.65. The average molecular weight is 384 g/mol. The van der Waals surface area contributed by atoms with Crippen LogP contribution >= 0.6 is 0 Å². The molecule has 6 heteroatoms. The molecule has 1 aliphatic heterocycles. The third-order valence-electron chi connectivity index (χ3n) is 4.87. The van der Waals surface area contributed by atoms with Gasteiger partial charge in [-0.3, -0.25) is 19.7 Å². The minimum absolute atomic E-state index is 0.107. The molecule has 0 radical (unpaired) electrons. The van der Waals surface area contributed by atoms with Crippen molar-refractivity contribution in [2.24, 2.45) is 0 Å². The van der Waals surface area contributed by atoms with Gasteiger partial charge in [0.05, 0.1) is 16.2 Å². The molecule has 1 aliphatic rings. The number of amides is 2. The maximum absolute atomic E-state index is 13.4. The summed E-state index contributed by atoms with van der Waals surface area (Å²) in [5.41, 5.74) is 2.53. The molecule has 29 heavy (non-hydrogen) atoms. The minimum atomic E-state index is -0.513. The van der Waals surface area contributed by atoms with E-state index in [4.69, 9.17) is 0 Å². The molecule has 0 fully saturated rings. The van der Waals surface area contributed by atoms with Gasteiger partial charge in [-0.15, -0.1) is 0 Å². The first-order valence-corrected chi connectivity index (χ1v) is 8.98. The zero-order valence-corrected chi connectivity index (χ0v) is 15.5. The van der Waals surface area contributed by atoms with Crippen LogP contribution in [0.2, 0.25) is 0 Å². The van der Waals surface area contributed by atoms with Gasteiger partial charge in [0.1, 0.15) is 0 Å². The first-order chi connectivity index (χ1) is 14.0. The average Bonchev–Trinajstić information content (AvgIpc) is 2.73. The molecule has 0 saturated carbocycles. The molecule has 0 saturated heterocycles. The molecule has 3 aromatic rings. The van der Waals surface area contributed by atoms with Crippen LogP contribution in [0.5, 0.6) is 0 Å². The van der Waals surface area contributed by atoms with Crippen molar-refractivity contribution in [3.63, 3.8) is 0 Å². The molecule has 0 spiro atoms. The maximum atomic E-state index is 13.4. The third-order valence-corrected chi connectivity index (χ3v) is 4.87. The molecule has 1 heterocycles. The zero-order chi connectivity index (χ0) is 20.5. The molecule has 0 N–H and O–H groups in total. The SMILES string of the molecule is Cc1ccccc1N1C(=O)/C(=C\c2ccccc2[N+](=O)[O-])c2ccccc2C1=O. The summed E-state index contributed by atoms with van der Waals surface area (Å²) in [7, 11) is 0. The van der Waals surface area contributed by atoms with Crippen molar-refractivity contribution in [1.29, 1.82) is 0 Å². The van der Waals surface area contributed by atoms with E-state index in [9.17, 15) is 19.7 Å². The number of anilines is 1. The number of hydrogen-bond acceptors (Lipinski definition) is 4. The largest absolute Gasteiger partial charge is 0.276 e. The normalized spacial score (nSPS) is 14.8. The fourth-order valence-electron chi connectivity index (χ4n) is 3.46. The number of aryl methyl sites for hydroxylation is 1. The van der Waals surface area contributed by atoms with Crippen LogP contribution in [0.15, 0.2) is 72.8 Å². The smallest absolute Gasteiger partial charge is 0.268 e. The second kappa shape index (κ2) is 7.16. The van der Waals surface area contributed by atoms with Crippen LogP contribution in [-0.4, -0.2) is 16.7 Å². The molecule has 0 aliphatic carbocycles. The Morgan fingerprint density at radius 3 is 2.17 bits per heavy atom. The standard InChI is InChI=1S/C23H16N2O4/c1-15-8-2-6-12-20(15)24-22(26)18-11-5-4-10-17(18)19(23(24)27)14-16-9-3-7-13-21(16)25(28)29/h2-14H,1H3/b19-14-. The fraction of sp³-hybridized carbons (Fsp3) is 0.0435. The lowest BCUT2D eigenvalue weighted by Gasteiger charge is -2.29.